The first-order valence-electron chi connectivity index (χ1n) is 10.8. The van der Waals surface area contributed by atoms with Crippen molar-refractivity contribution in [1.29, 1.82) is 0 Å². The minimum atomic E-state index is -0.510. The molecule has 6 atom stereocenters. The smallest absolute Gasteiger partial charge is 0.333 e. The van der Waals surface area contributed by atoms with Crippen LogP contribution in [-0.4, -0.2) is 29.9 Å². The van der Waals surface area contributed by atoms with Crippen molar-refractivity contribution in [2.24, 2.45) is 28.6 Å². The van der Waals surface area contributed by atoms with Crippen molar-refractivity contribution in [3.05, 3.63) is 34.9 Å². The van der Waals surface area contributed by atoms with E-state index in [1.807, 2.05) is 6.92 Å². The molecule has 0 N–H and O–H groups in total. The number of hydrogen-bond acceptors (Lipinski definition) is 5. The van der Waals surface area contributed by atoms with Gasteiger partial charge in [0, 0.05) is 34.3 Å². The third-order valence-electron chi connectivity index (χ3n) is 8.04. The minimum absolute atomic E-state index is 0.0511. The molecule has 0 amide bonds. The van der Waals surface area contributed by atoms with Crippen LogP contribution in [0.15, 0.2) is 34.9 Å². The molecule has 0 radical (unpaired) electrons. The van der Waals surface area contributed by atoms with Crippen LogP contribution in [0.25, 0.3) is 0 Å². The molecule has 5 nitrogen and oxygen atoms in total. The Morgan fingerprint density at radius 3 is 1.93 bits per heavy atom. The zero-order chi connectivity index (χ0) is 22.6. The van der Waals surface area contributed by atoms with Gasteiger partial charge in [0.15, 0.2) is 5.78 Å². The lowest BCUT2D eigenvalue weighted by Crippen LogP contribution is -2.67. The molecular formula is C25H34O5. The van der Waals surface area contributed by atoms with E-state index >= 15 is 0 Å². The van der Waals surface area contributed by atoms with E-state index in [0.29, 0.717) is 17.6 Å². The number of fused-ring (bicyclic) bond motifs is 3. The first-order chi connectivity index (χ1) is 13.9. The second-order valence-corrected chi connectivity index (χ2v) is 9.93. The van der Waals surface area contributed by atoms with Crippen LogP contribution in [0.3, 0.4) is 0 Å². The molecule has 3 saturated carbocycles. The van der Waals surface area contributed by atoms with E-state index in [9.17, 15) is 14.4 Å². The summed E-state index contributed by atoms with van der Waals surface area (Å²) in [7, 11) is 0. The van der Waals surface area contributed by atoms with Crippen molar-refractivity contribution >= 4 is 17.7 Å². The Hall–Kier alpha value is -2.17. The Labute approximate surface area is 179 Å². The molecule has 4 aliphatic carbocycles. The summed E-state index contributed by atoms with van der Waals surface area (Å²) in [5, 5.41) is 0. The van der Waals surface area contributed by atoms with Gasteiger partial charge in [0.2, 0.25) is 0 Å². The molecule has 0 aromatic rings. The van der Waals surface area contributed by atoms with Crippen molar-refractivity contribution in [2.45, 2.75) is 74.0 Å². The number of rotatable bonds is 4. The van der Waals surface area contributed by atoms with Gasteiger partial charge in [0.05, 0.1) is 0 Å². The third kappa shape index (κ3) is 3.09. The lowest BCUT2D eigenvalue weighted by Gasteiger charge is -2.65. The second-order valence-electron chi connectivity index (χ2n) is 9.93. The van der Waals surface area contributed by atoms with Gasteiger partial charge in [-0.3, -0.25) is 4.79 Å². The maximum atomic E-state index is 13.1. The number of allylic oxidation sites excluding steroid dienone is 4. The topological polar surface area (TPSA) is 69.7 Å². The SMILES string of the molecule is C/C=C(/C)C(=O)O[C@@H]1C[C@@H](OC(=O)/C(C)=C\C)[C@]2(C)[C@@H]3C(C)=CC(=O)[C@H]2[C@@H]3C1(C)C. The highest BCUT2D eigenvalue weighted by Crippen LogP contribution is 2.72. The van der Waals surface area contributed by atoms with E-state index in [2.05, 4.69) is 20.8 Å². The highest BCUT2D eigenvalue weighted by Gasteiger charge is 2.74. The van der Waals surface area contributed by atoms with Crippen LogP contribution in [0.5, 0.6) is 0 Å². The molecule has 0 saturated heterocycles. The van der Waals surface area contributed by atoms with E-state index in [1.165, 1.54) is 0 Å². The normalized spacial score (nSPS) is 37.5. The lowest BCUT2D eigenvalue weighted by atomic mass is 9.37. The highest BCUT2D eigenvalue weighted by atomic mass is 16.6. The summed E-state index contributed by atoms with van der Waals surface area (Å²) in [6, 6.07) is 0. The van der Waals surface area contributed by atoms with Crippen LogP contribution in [0.4, 0.5) is 0 Å². The second kappa shape index (κ2) is 7.51. The zero-order valence-electron chi connectivity index (χ0n) is 19.4. The van der Waals surface area contributed by atoms with E-state index in [1.54, 1.807) is 45.9 Å². The molecule has 30 heavy (non-hydrogen) atoms. The number of ether oxygens (including phenoxy) is 2. The molecule has 0 aromatic heterocycles. The first-order valence-corrected chi connectivity index (χ1v) is 10.8. The number of esters is 2. The van der Waals surface area contributed by atoms with Crippen LogP contribution >= 0.6 is 0 Å². The minimum Gasteiger partial charge on any atom is -0.458 e. The average Bonchev–Trinajstić information content (AvgIpc) is 2.78. The van der Waals surface area contributed by atoms with Gasteiger partial charge in [-0.2, -0.15) is 0 Å². The lowest BCUT2D eigenvalue weighted by molar-refractivity contribution is -0.202. The highest BCUT2D eigenvalue weighted by molar-refractivity contribution is 5.97. The number of carbonyl (C=O) groups is 3. The quantitative estimate of drug-likeness (QED) is 0.498. The van der Waals surface area contributed by atoms with Gasteiger partial charge in [-0.05, 0) is 52.5 Å². The Balaban J connectivity index is 2.06. The van der Waals surface area contributed by atoms with Gasteiger partial charge in [0.1, 0.15) is 12.2 Å². The molecule has 0 aromatic carbocycles. The Morgan fingerprint density at radius 2 is 1.47 bits per heavy atom. The summed E-state index contributed by atoms with van der Waals surface area (Å²) in [5.41, 5.74) is 1.18. The average molecular weight is 415 g/mol. The van der Waals surface area contributed by atoms with Crippen LogP contribution < -0.4 is 0 Å². The summed E-state index contributed by atoms with van der Waals surface area (Å²) >= 11 is 0. The van der Waals surface area contributed by atoms with Crippen molar-refractivity contribution < 1.29 is 23.9 Å². The molecular weight excluding hydrogens is 380 g/mol. The van der Waals surface area contributed by atoms with Crippen molar-refractivity contribution in [3.63, 3.8) is 0 Å². The molecule has 4 aliphatic rings. The van der Waals surface area contributed by atoms with Crippen LogP contribution in [0, 0.1) is 28.6 Å². The maximum absolute atomic E-state index is 13.1. The fourth-order valence-corrected chi connectivity index (χ4v) is 5.98. The van der Waals surface area contributed by atoms with E-state index in [4.69, 9.17) is 9.47 Å². The van der Waals surface area contributed by atoms with E-state index in [-0.39, 0.29) is 35.5 Å². The van der Waals surface area contributed by atoms with Crippen molar-refractivity contribution in [2.75, 3.05) is 0 Å². The third-order valence-corrected chi connectivity index (χ3v) is 8.04. The van der Waals surface area contributed by atoms with Gasteiger partial charge in [0.25, 0.3) is 0 Å². The molecule has 0 spiro atoms. The number of ketones is 1. The molecule has 3 fully saturated rings. The summed E-state index contributed by atoms with van der Waals surface area (Å²) < 4.78 is 12.0. The number of carbonyl (C=O) groups excluding carboxylic acids is 3. The van der Waals surface area contributed by atoms with E-state index < -0.39 is 23.0 Å². The summed E-state index contributed by atoms with van der Waals surface area (Å²) in [5.74, 6) is -0.722. The summed E-state index contributed by atoms with van der Waals surface area (Å²) in [6.07, 6.45) is 4.62. The fraction of sp³-hybridized carbons (Fsp3) is 0.640. The van der Waals surface area contributed by atoms with Crippen molar-refractivity contribution in [3.8, 4) is 0 Å². The predicted molar refractivity (Wildman–Crippen MR) is 114 cm³/mol. The van der Waals surface area contributed by atoms with Crippen LogP contribution in [-0.2, 0) is 23.9 Å². The molecule has 0 unspecified atom stereocenters. The molecule has 4 rings (SSSR count). The van der Waals surface area contributed by atoms with Gasteiger partial charge in [-0.1, -0.05) is 38.5 Å². The van der Waals surface area contributed by atoms with Gasteiger partial charge >= 0.3 is 11.9 Å². The van der Waals surface area contributed by atoms with Crippen LogP contribution in [0.2, 0.25) is 0 Å². The van der Waals surface area contributed by atoms with Crippen LogP contribution in [0.1, 0.15) is 61.8 Å². The fourth-order valence-electron chi connectivity index (χ4n) is 5.98. The molecule has 5 heteroatoms. The maximum Gasteiger partial charge on any atom is 0.333 e. The van der Waals surface area contributed by atoms with E-state index in [0.717, 1.165) is 5.57 Å². The molecule has 0 aliphatic heterocycles. The summed E-state index contributed by atoms with van der Waals surface area (Å²) in [6.45, 7) is 15.3. The standard InChI is InChI=1S/C25H34O5/c1-9-13(3)22(27)29-17-12-18(30-23(28)14(4)10-2)25(8)19-15(5)11-16(26)20(25)21(19)24(17,6)7/h9-11,17-21H,12H2,1-8H3/b13-9-,14-10-/t17-,18-,19-,20+,21-,25-/m1/s1. The largest absolute Gasteiger partial charge is 0.458 e. The Bertz CT molecular complexity index is 874. The molecule has 164 valence electrons. The van der Waals surface area contributed by atoms with Gasteiger partial charge in [-0.25, -0.2) is 9.59 Å². The summed E-state index contributed by atoms with van der Waals surface area (Å²) in [4.78, 5) is 38.4. The zero-order valence-corrected chi connectivity index (χ0v) is 19.4. The monoisotopic (exact) mass is 414 g/mol. The van der Waals surface area contributed by atoms with Gasteiger partial charge in [-0.15, -0.1) is 0 Å². The first kappa shape index (κ1) is 22.5. The Kier molecular flexibility index (Phi) is 5.63. The molecule has 4 bridgehead atoms. The predicted octanol–water partition coefficient (Wildman–Crippen LogP) is 4.57. The van der Waals surface area contributed by atoms with Gasteiger partial charge < -0.3 is 9.47 Å². The van der Waals surface area contributed by atoms with Crippen molar-refractivity contribution in [1.82, 2.24) is 0 Å². The molecule has 0 heterocycles. The number of hydrogen-bond donors (Lipinski definition) is 0. The Morgan fingerprint density at radius 1 is 0.967 bits per heavy atom.